The van der Waals surface area contributed by atoms with Gasteiger partial charge in [-0.3, -0.25) is 0 Å². The van der Waals surface area contributed by atoms with Crippen LogP contribution in [0.3, 0.4) is 0 Å². The van der Waals surface area contributed by atoms with Crippen molar-refractivity contribution >= 4 is 0 Å². The van der Waals surface area contributed by atoms with Crippen LogP contribution in [-0.2, 0) is 11.8 Å². The maximum Gasteiger partial charge on any atom is 0.125 e. The summed E-state index contributed by atoms with van der Waals surface area (Å²) in [4.78, 5) is 0. The van der Waals surface area contributed by atoms with Crippen LogP contribution in [0.25, 0.3) is 0 Å². The van der Waals surface area contributed by atoms with E-state index in [0.717, 1.165) is 16.9 Å². The van der Waals surface area contributed by atoms with Gasteiger partial charge >= 0.3 is 0 Å². The summed E-state index contributed by atoms with van der Waals surface area (Å²) in [7, 11) is 1.70. The van der Waals surface area contributed by atoms with E-state index in [1.807, 2.05) is 13.0 Å². The first kappa shape index (κ1) is 12.6. The Morgan fingerprint density at radius 2 is 1.94 bits per heavy atom. The van der Waals surface area contributed by atoms with E-state index in [9.17, 15) is 0 Å². The molecule has 0 aliphatic rings. The normalized spacial score (nSPS) is 11.0. The number of benzene rings is 1. The number of nitrogens with zero attached hydrogens (tertiary/aromatic N) is 1. The molecular formula is C14H19NO. The Hall–Kier alpha value is -1.49. The highest BCUT2D eigenvalue weighted by molar-refractivity contribution is 5.47. The first-order chi connectivity index (χ1) is 7.40. The molecule has 86 valence electrons. The van der Waals surface area contributed by atoms with Gasteiger partial charge < -0.3 is 4.74 Å². The highest BCUT2D eigenvalue weighted by Crippen LogP contribution is 2.34. The van der Waals surface area contributed by atoms with E-state index >= 15 is 0 Å². The van der Waals surface area contributed by atoms with Gasteiger partial charge in [0.2, 0.25) is 0 Å². The van der Waals surface area contributed by atoms with Gasteiger partial charge in [0.05, 0.1) is 19.6 Å². The Morgan fingerprint density at radius 3 is 2.38 bits per heavy atom. The summed E-state index contributed by atoms with van der Waals surface area (Å²) in [5, 5.41) is 8.75. The fraction of sp³-hybridized carbons (Fsp3) is 0.500. The van der Waals surface area contributed by atoms with E-state index in [-0.39, 0.29) is 5.41 Å². The van der Waals surface area contributed by atoms with Gasteiger partial charge in [0, 0.05) is 5.56 Å². The van der Waals surface area contributed by atoms with Crippen molar-refractivity contribution in [3.05, 3.63) is 28.8 Å². The SMILES string of the molecule is COc1c(C)cc(CC#N)cc1C(C)(C)C. The second-order valence-electron chi connectivity index (χ2n) is 5.08. The molecule has 0 heterocycles. The van der Waals surface area contributed by atoms with E-state index in [1.54, 1.807) is 7.11 Å². The van der Waals surface area contributed by atoms with Crippen LogP contribution in [0.4, 0.5) is 0 Å². The molecule has 1 aromatic carbocycles. The fourth-order valence-electron chi connectivity index (χ4n) is 1.87. The maximum atomic E-state index is 8.75. The van der Waals surface area contributed by atoms with Gasteiger partial charge in [-0.05, 0) is 23.5 Å². The smallest absolute Gasteiger partial charge is 0.125 e. The molecule has 2 nitrogen and oxygen atoms in total. The van der Waals surface area contributed by atoms with Gasteiger partial charge in [0.25, 0.3) is 0 Å². The van der Waals surface area contributed by atoms with Gasteiger partial charge in [-0.15, -0.1) is 0 Å². The lowest BCUT2D eigenvalue weighted by Gasteiger charge is -2.24. The Morgan fingerprint density at radius 1 is 1.31 bits per heavy atom. The van der Waals surface area contributed by atoms with Crippen molar-refractivity contribution in [3.8, 4) is 11.8 Å². The van der Waals surface area contributed by atoms with Crippen LogP contribution in [0.15, 0.2) is 12.1 Å². The second kappa shape index (κ2) is 4.57. The molecule has 0 atom stereocenters. The molecule has 0 aliphatic carbocycles. The molecule has 16 heavy (non-hydrogen) atoms. The summed E-state index contributed by atoms with van der Waals surface area (Å²) in [6, 6.07) is 6.29. The van der Waals surface area contributed by atoms with Crippen LogP contribution in [0.1, 0.15) is 37.5 Å². The Kier molecular flexibility index (Phi) is 3.59. The van der Waals surface area contributed by atoms with Gasteiger partial charge in [-0.2, -0.15) is 5.26 Å². The molecule has 0 aromatic heterocycles. The molecule has 0 aliphatic heterocycles. The average molecular weight is 217 g/mol. The van der Waals surface area contributed by atoms with Crippen molar-refractivity contribution in [2.24, 2.45) is 0 Å². The maximum absolute atomic E-state index is 8.75. The van der Waals surface area contributed by atoms with Crippen LogP contribution < -0.4 is 4.74 Å². The predicted octanol–water partition coefficient (Wildman–Crippen LogP) is 3.37. The van der Waals surface area contributed by atoms with Gasteiger partial charge in [-0.1, -0.05) is 32.9 Å². The zero-order valence-electron chi connectivity index (χ0n) is 10.7. The number of rotatable bonds is 2. The molecule has 0 spiro atoms. The van der Waals surface area contributed by atoms with Crippen molar-refractivity contribution in [2.75, 3.05) is 7.11 Å². The van der Waals surface area contributed by atoms with Crippen molar-refractivity contribution in [2.45, 2.75) is 39.5 Å². The molecule has 0 fully saturated rings. The lowest BCUT2D eigenvalue weighted by Crippen LogP contribution is -2.14. The van der Waals surface area contributed by atoms with E-state index in [2.05, 4.69) is 32.9 Å². The molecule has 1 rings (SSSR count). The van der Waals surface area contributed by atoms with Crippen molar-refractivity contribution < 1.29 is 4.74 Å². The topological polar surface area (TPSA) is 33.0 Å². The monoisotopic (exact) mass is 217 g/mol. The summed E-state index contributed by atoms with van der Waals surface area (Å²) < 4.78 is 5.45. The molecule has 0 saturated carbocycles. The molecular weight excluding hydrogens is 198 g/mol. The van der Waals surface area contributed by atoms with Crippen molar-refractivity contribution in [3.63, 3.8) is 0 Å². The number of ether oxygens (including phenoxy) is 1. The molecule has 0 saturated heterocycles. The van der Waals surface area contributed by atoms with Crippen molar-refractivity contribution in [1.82, 2.24) is 0 Å². The average Bonchev–Trinajstić information content (AvgIpc) is 2.16. The largest absolute Gasteiger partial charge is 0.496 e. The first-order valence-corrected chi connectivity index (χ1v) is 5.45. The minimum atomic E-state index is 0.0293. The number of aryl methyl sites for hydroxylation is 1. The summed E-state index contributed by atoms with van der Waals surface area (Å²) in [5.74, 6) is 0.939. The number of nitriles is 1. The molecule has 2 heteroatoms. The summed E-state index contributed by atoms with van der Waals surface area (Å²) >= 11 is 0. The van der Waals surface area contributed by atoms with Crippen LogP contribution in [-0.4, -0.2) is 7.11 Å². The van der Waals surface area contributed by atoms with E-state index in [1.165, 1.54) is 5.56 Å². The van der Waals surface area contributed by atoms with Gasteiger partial charge in [0.15, 0.2) is 0 Å². The van der Waals surface area contributed by atoms with Gasteiger partial charge in [0.1, 0.15) is 5.75 Å². The summed E-state index contributed by atoms with van der Waals surface area (Å²) in [6.45, 7) is 8.48. The third-order valence-corrected chi connectivity index (χ3v) is 2.63. The fourth-order valence-corrected chi connectivity index (χ4v) is 1.87. The van der Waals surface area contributed by atoms with Crippen LogP contribution in [0.2, 0.25) is 0 Å². The summed E-state index contributed by atoms with van der Waals surface area (Å²) in [5.41, 5.74) is 3.35. The molecule has 0 amide bonds. The minimum absolute atomic E-state index is 0.0293. The van der Waals surface area contributed by atoms with Gasteiger partial charge in [-0.25, -0.2) is 0 Å². The zero-order valence-corrected chi connectivity index (χ0v) is 10.7. The van der Waals surface area contributed by atoms with Crippen LogP contribution >= 0.6 is 0 Å². The van der Waals surface area contributed by atoms with E-state index in [4.69, 9.17) is 10.00 Å². The Bertz CT molecular complexity index is 422. The number of methoxy groups -OCH3 is 1. The van der Waals surface area contributed by atoms with E-state index < -0.39 is 0 Å². The standard InChI is InChI=1S/C14H19NO/c1-10-8-11(6-7-15)9-12(13(10)16-5)14(2,3)4/h8-9H,6H2,1-5H3. The second-order valence-corrected chi connectivity index (χ2v) is 5.08. The van der Waals surface area contributed by atoms with Crippen LogP contribution in [0.5, 0.6) is 5.75 Å². The Balaban J connectivity index is 3.38. The summed E-state index contributed by atoms with van der Waals surface area (Å²) in [6.07, 6.45) is 0.452. The lowest BCUT2D eigenvalue weighted by molar-refractivity contribution is 0.394. The third-order valence-electron chi connectivity index (χ3n) is 2.63. The first-order valence-electron chi connectivity index (χ1n) is 5.45. The predicted molar refractivity (Wildman–Crippen MR) is 65.7 cm³/mol. The number of hydrogen-bond acceptors (Lipinski definition) is 2. The zero-order chi connectivity index (χ0) is 12.3. The molecule has 0 radical (unpaired) electrons. The highest BCUT2D eigenvalue weighted by Gasteiger charge is 2.20. The Labute approximate surface area is 97.9 Å². The quantitative estimate of drug-likeness (QED) is 0.761. The number of hydrogen-bond donors (Lipinski definition) is 0. The van der Waals surface area contributed by atoms with Crippen molar-refractivity contribution in [1.29, 1.82) is 5.26 Å². The molecule has 0 bridgehead atoms. The highest BCUT2D eigenvalue weighted by atomic mass is 16.5. The molecule has 0 unspecified atom stereocenters. The van der Waals surface area contributed by atoms with E-state index in [0.29, 0.717) is 6.42 Å². The molecule has 0 N–H and O–H groups in total. The molecule has 1 aromatic rings. The lowest BCUT2D eigenvalue weighted by atomic mass is 9.84. The van der Waals surface area contributed by atoms with Crippen LogP contribution in [0, 0.1) is 18.3 Å². The third kappa shape index (κ3) is 2.55. The minimum Gasteiger partial charge on any atom is -0.496 e.